The van der Waals surface area contributed by atoms with Crippen molar-refractivity contribution in [3.8, 4) is 0 Å². The van der Waals surface area contributed by atoms with Gasteiger partial charge in [-0.05, 0) is 7.05 Å². The van der Waals surface area contributed by atoms with Gasteiger partial charge in [0.2, 0.25) is 5.91 Å². The van der Waals surface area contributed by atoms with E-state index >= 15 is 0 Å². The van der Waals surface area contributed by atoms with Crippen LogP contribution in [-0.4, -0.2) is 56.2 Å². The van der Waals surface area contributed by atoms with E-state index in [0.717, 1.165) is 0 Å². The van der Waals surface area contributed by atoms with Gasteiger partial charge >= 0.3 is 0 Å². The Kier molecular flexibility index (Phi) is 7.27. The lowest BCUT2D eigenvalue weighted by atomic mass is 10.4. The van der Waals surface area contributed by atoms with Gasteiger partial charge in [0.05, 0.1) is 18.1 Å². The normalized spacial score (nSPS) is 10.2. The molecule has 0 aromatic carbocycles. The number of nitrogens with one attached hydrogen (secondary N) is 1. The van der Waals surface area contributed by atoms with Crippen molar-refractivity contribution in [1.29, 1.82) is 0 Å². The quantitative estimate of drug-likeness (QED) is 0.423. The molecule has 0 radical (unpaired) electrons. The van der Waals surface area contributed by atoms with Crippen LogP contribution in [0.25, 0.3) is 0 Å². The molecule has 82 valence electrons. The number of likely N-dealkylation sites (N-methyl/N-ethyl adjacent to an activating group) is 1. The molecule has 0 aliphatic heterocycles. The molecule has 0 heterocycles. The number of carbonyl (C=O) groups is 1. The summed E-state index contributed by atoms with van der Waals surface area (Å²) in [6.07, 6.45) is 0. The minimum absolute atomic E-state index is 0.0548. The van der Waals surface area contributed by atoms with Crippen molar-refractivity contribution in [1.82, 2.24) is 10.2 Å². The van der Waals surface area contributed by atoms with Crippen molar-refractivity contribution < 1.29 is 9.53 Å². The van der Waals surface area contributed by atoms with Gasteiger partial charge in [-0.15, -0.1) is 0 Å². The van der Waals surface area contributed by atoms with Crippen LogP contribution in [-0.2, 0) is 9.53 Å². The van der Waals surface area contributed by atoms with Gasteiger partial charge in [0.25, 0.3) is 0 Å². The van der Waals surface area contributed by atoms with Gasteiger partial charge in [-0.25, -0.2) is 0 Å². The lowest BCUT2D eigenvalue weighted by Crippen LogP contribution is -2.39. The van der Waals surface area contributed by atoms with Crippen molar-refractivity contribution in [2.75, 3.05) is 40.4 Å². The van der Waals surface area contributed by atoms with Crippen molar-refractivity contribution >= 4 is 23.1 Å². The number of methoxy groups -OCH3 is 1. The molecule has 3 N–H and O–H groups in total. The molecule has 6 heteroatoms. The number of nitrogens with zero attached hydrogens (tertiary/aromatic N) is 1. The summed E-state index contributed by atoms with van der Waals surface area (Å²) in [6, 6.07) is 0. The van der Waals surface area contributed by atoms with Crippen LogP contribution >= 0.6 is 12.2 Å². The first kappa shape index (κ1) is 13.3. The molecule has 0 unspecified atom stereocenters. The molecular formula is C8H17N3O2S. The SMILES string of the molecule is COCCNC(=O)CN(C)CC(N)=S. The van der Waals surface area contributed by atoms with Crippen LogP contribution in [0.5, 0.6) is 0 Å². The number of nitrogens with two attached hydrogens (primary N) is 1. The second-order valence-corrected chi connectivity index (χ2v) is 3.51. The summed E-state index contributed by atoms with van der Waals surface area (Å²) in [5, 5.41) is 2.70. The molecule has 14 heavy (non-hydrogen) atoms. The standard InChI is InChI=1S/C8H17N3O2S/c1-11(5-7(9)14)6-8(12)10-3-4-13-2/h3-6H2,1-2H3,(H2,9,14)(H,10,12). The summed E-state index contributed by atoms with van der Waals surface area (Å²) in [5.74, 6) is -0.0548. The molecule has 0 aliphatic carbocycles. The number of thiocarbonyl (C=S) groups is 1. The molecule has 0 rings (SSSR count). The highest BCUT2D eigenvalue weighted by Gasteiger charge is 2.05. The zero-order chi connectivity index (χ0) is 11.0. The van der Waals surface area contributed by atoms with E-state index in [1.165, 1.54) is 0 Å². The number of ether oxygens (including phenoxy) is 1. The number of hydrogen-bond donors (Lipinski definition) is 2. The Morgan fingerprint density at radius 1 is 1.57 bits per heavy atom. The van der Waals surface area contributed by atoms with Crippen LogP contribution in [0.2, 0.25) is 0 Å². The zero-order valence-electron chi connectivity index (χ0n) is 8.58. The van der Waals surface area contributed by atoms with Crippen LogP contribution in [0, 0.1) is 0 Å². The summed E-state index contributed by atoms with van der Waals surface area (Å²) in [7, 11) is 3.38. The Bertz CT molecular complexity index is 199. The predicted octanol–water partition coefficient (Wildman–Crippen LogP) is -1.03. The minimum atomic E-state index is -0.0548. The molecule has 0 bridgehead atoms. The highest BCUT2D eigenvalue weighted by molar-refractivity contribution is 7.80. The fraction of sp³-hybridized carbons (Fsp3) is 0.750. The number of rotatable bonds is 7. The van der Waals surface area contributed by atoms with E-state index in [1.807, 2.05) is 0 Å². The lowest BCUT2D eigenvalue weighted by molar-refractivity contribution is -0.121. The first-order chi connectivity index (χ1) is 6.56. The van der Waals surface area contributed by atoms with E-state index in [1.54, 1.807) is 19.1 Å². The third kappa shape index (κ3) is 7.90. The topological polar surface area (TPSA) is 67.6 Å². The van der Waals surface area contributed by atoms with Crippen LogP contribution in [0.15, 0.2) is 0 Å². The Labute approximate surface area is 89.6 Å². The monoisotopic (exact) mass is 219 g/mol. The van der Waals surface area contributed by atoms with E-state index in [0.29, 0.717) is 31.2 Å². The largest absolute Gasteiger partial charge is 0.392 e. The molecule has 0 saturated heterocycles. The maximum absolute atomic E-state index is 11.2. The van der Waals surface area contributed by atoms with Gasteiger partial charge in [-0.2, -0.15) is 0 Å². The van der Waals surface area contributed by atoms with Gasteiger partial charge in [-0.1, -0.05) is 12.2 Å². The van der Waals surface area contributed by atoms with Crippen molar-refractivity contribution in [3.63, 3.8) is 0 Å². The van der Waals surface area contributed by atoms with E-state index in [2.05, 4.69) is 5.32 Å². The molecule has 0 aromatic heterocycles. The third-order valence-electron chi connectivity index (χ3n) is 1.47. The Balaban J connectivity index is 3.55. The molecule has 5 nitrogen and oxygen atoms in total. The second-order valence-electron chi connectivity index (χ2n) is 2.98. The Hall–Kier alpha value is -0.720. The maximum Gasteiger partial charge on any atom is 0.234 e. The summed E-state index contributed by atoms with van der Waals surface area (Å²) >= 11 is 4.72. The summed E-state index contributed by atoms with van der Waals surface area (Å²) in [5.41, 5.74) is 5.33. The molecular weight excluding hydrogens is 202 g/mol. The first-order valence-corrected chi connectivity index (χ1v) is 4.69. The fourth-order valence-electron chi connectivity index (χ4n) is 0.915. The average Bonchev–Trinajstić information content (AvgIpc) is 2.02. The number of hydrogen-bond acceptors (Lipinski definition) is 4. The van der Waals surface area contributed by atoms with E-state index in [-0.39, 0.29) is 5.91 Å². The summed E-state index contributed by atoms with van der Waals surface area (Å²) in [4.78, 5) is 13.4. The fourth-order valence-corrected chi connectivity index (χ4v) is 1.14. The van der Waals surface area contributed by atoms with E-state index in [9.17, 15) is 4.79 Å². The molecule has 0 aromatic rings. The van der Waals surface area contributed by atoms with Gasteiger partial charge in [0, 0.05) is 20.2 Å². The molecule has 0 aliphatic rings. The van der Waals surface area contributed by atoms with Gasteiger partial charge in [0.15, 0.2) is 0 Å². The zero-order valence-corrected chi connectivity index (χ0v) is 9.39. The lowest BCUT2D eigenvalue weighted by Gasteiger charge is -2.14. The van der Waals surface area contributed by atoms with Gasteiger partial charge in [0.1, 0.15) is 0 Å². The van der Waals surface area contributed by atoms with Crippen LogP contribution in [0.3, 0.4) is 0 Å². The van der Waals surface area contributed by atoms with Crippen molar-refractivity contribution in [2.45, 2.75) is 0 Å². The Morgan fingerprint density at radius 2 is 2.21 bits per heavy atom. The molecule has 0 saturated carbocycles. The predicted molar refractivity (Wildman–Crippen MR) is 59.2 cm³/mol. The maximum atomic E-state index is 11.2. The van der Waals surface area contributed by atoms with Crippen LogP contribution < -0.4 is 11.1 Å². The van der Waals surface area contributed by atoms with Crippen LogP contribution in [0.1, 0.15) is 0 Å². The molecule has 0 spiro atoms. The smallest absolute Gasteiger partial charge is 0.234 e. The van der Waals surface area contributed by atoms with E-state index in [4.69, 9.17) is 22.7 Å². The van der Waals surface area contributed by atoms with Gasteiger partial charge < -0.3 is 15.8 Å². The Morgan fingerprint density at radius 3 is 2.71 bits per heavy atom. The van der Waals surface area contributed by atoms with E-state index < -0.39 is 0 Å². The number of amides is 1. The molecule has 1 amide bonds. The minimum Gasteiger partial charge on any atom is -0.392 e. The molecule has 0 atom stereocenters. The van der Waals surface area contributed by atoms with Crippen molar-refractivity contribution in [3.05, 3.63) is 0 Å². The van der Waals surface area contributed by atoms with Gasteiger partial charge in [-0.3, -0.25) is 9.69 Å². The second kappa shape index (κ2) is 7.66. The molecule has 0 fully saturated rings. The number of carbonyl (C=O) groups excluding carboxylic acids is 1. The summed E-state index contributed by atoms with van der Waals surface area (Å²) < 4.78 is 4.79. The van der Waals surface area contributed by atoms with Crippen LogP contribution in [0.4, 0.5) is 0 Å². The summed E-state index contributed by atoms with van der Waals surface area (Å²) in [6.45, 7) is 1.79. The first-order valence-electron chi connectivity index (χ1n) is 4.28. The highest BCUT2D eigenvalue weighted by atomic mass is 32.1. The average molecular weight is 219 g/mol. The highest BCUT2D eigenvalue weighted by Crippen LogP contribution is 1.82. The van der Waals surface area contributed by atoms with Crippen molar-refractivity contribution in [2.24, 2.45) is 5.73 Å². The third-order valence-corrected chi connectivity index (χ3v) is 1.60.